The van der Waals surface area contributed by atoms with Gasteiger partial charge in [0.2, 0.25) is 17.8 Å². The first kappa shape index (κ1) is 44.6. The lowest BCUT2D eigenvalue weighted by atomic mass is 9.72. The Morgan fingerprint density at radius 1 is 0.909 bits per heavy atom. The minimum absolute atomic E-state index is 0.0774. The van der Waals surface area contributed by atoms with E-state index in [0.29, 0.717) is 71.4 Å². The molecule has 66 heavy (non-hydrogen) atoms. The Morgan fingerprint density at radius 3 is 2.42 bits per heavy atom. The van der Waals surface area contributed by atoms with E-state index in [0.717, 1.165) is 87.0 Å². The zero-order chi connectivity index (χ0) is 45.7. The first-order valence-electron chi connectivity index (χ1n) is 23.3. The van der Waals surface area contributed by atoms with E-state index in [1.807, 2.05) is 42.5 Å². The maximum atomic E-state index is 13.4. The molecule has 1 atom stereocenters. The minimum Gasteiger partial charge on any atom is -0.494 e. The van der Waals surface area contributed by atoms with E-state index in [9.17, 15) is 18.9 Å². The van der Waals surface area contributed by atoms with Crippen LogP contribution in [0.5, 0.6) is 11.5 Å². The molecule has 1 spiro atoms. The van der Waals surface area contributed by atoms with Crippen molar-refractivity contribution in [1.82, 2.24) is 25.1 Å². The maximum absolute atomic E-state index is 13.4. The molecule has 6 aliphatic rings. The van der Waals surface area contributed by atoms with Gasteiger partial charge in [-0.05, 0) is 113 Å². The highest BCUT2D eigenvalue weighted by atomic mass is 35.5. The van der Waals surface area contributed by atoms with Gasteiger partial charge in [0.1, 0.15) is 29.7 Å². The van der Waals surface area contributed by atoms with Crippen LogP contribution in [-0.2, 0) is 25.4 Å². The van der Waals surface area contributed by atoms with Crippen LogP contribution in [0.1, 0.15) is 85.2 Å². The molecule has 1 saturated carbocycles. The predicted octanol–water partition coefficient (Wildman–Crippen LogP) is 7.43. The van der Waals surface area contributed by atoms with Crippen LogP contribution in [0.2, 0.25) is 5.02 Å². The van der Waals surface area contributed by atoms with Gasteiger partial charge < -0.3 is 39.2 Å². The Balaban J connectivity index is 0.760. The molecular formula is C49H58ClN8O7P. The van der Waals surface area contributed by atoms with Gasteiger partial charge in [-0.2, -0.15) is 4.98 Å². The van der Waals surface area contributed by atoms with Crippen LogP contribution in [0.25, 0.3) is 0 Å². The van der Waals surface area contributed by atoms with E-state index >= 15 is 0 Å². The topological polar surface area (TPSA) is 168 Å². The average Bonchev–Trinajstić information content (AvgIpc) is 3.86. The summed E-state index contributed by atoms with van der Waals surface area (Å²) < 4.78 is 31.4. The molecule has 3 amide bonds. The molecule has 1 unspecified atom stereocenters. The van der Waals surface area contributed by atoms with Crippen molar-refractivity contribution in [2.75, 3.05) is 75.4 Å². The Morgan fingerprint density at radius 2 is 1.70 bits per heavy atom. The van der Waals surface area contributed by atoms with Crippen LogP contribution >= 0.6 is 18.7 Å². The van der Waals surface area contributed by atoms with Crippen molar-refractivity contribution >= 4 is 70.6 Å². The summed E-state index contributed by atoms with van der Waals surface area (Å²) in [6.45, 7) is 9.26. The van der Waals surface area contributed by atoms with Crippen molar-refractivity contribution in [3.8, 4) is 11.5 Å². The second-order valence-corrected chi connectivity index (χ2v) is 22.9. The number of para-hydroxylation sites is 1. The van der Waals surface area contributed by atoms with Crippen LogP contribution in [-0.4, -0.2) is 116 Å². The van der Waals surface area contributed by atoms with E-state index in [-0.39, 0.29) is 30.3 Å². The van der Waals surface area contributed by atoms with Gasteiger partial charge in [0.15, 0.2) is 5.82 Å². The maximum Gasteiger partial charge on any atom is 0.255 e. The van der Waals surface area contributed by atoms with E-state index in [1.165, 1.54) is 17.7 Å². The molecule has 0 radical (unpaired) electrons. The average molecular weight is 937 g/mol. The van der Waals surface area contributed by atoms with Crippen molar-refractivity contribution in [3.63, 3.8) is 0 Å². The number of hydrogen-bond donors (Lipinski definition) is 3. The molecule has 3 aromatic carbocycles. The number of amides is 3. The highest BCUT2D eigenvalue weighted by molar-refractivity contribution is 7.70. The molecule has 4 saturated heterocycles. The number of methoxy groups -OCH3 is 1. The van der Waals surface area contributed by atoms with Crippen LogP contribution in [0.3, 0.4) is 0 Å². The fourth-order valence-corrected chi connectivity index (χ4v) is 12.3. The molecule has 3 N–H and O–H groups in total. The Hall–Kier alpha value is -5.21. The first-order valence-corrected chi connectivity index (χ1v) is 26.3. The molecule has 1 aliphatic carbocycles. The number of hydrogen-bond acceptors (Lipinski definition) is 13. The first-order chi connectivity index (χ1) is 31.8. The van der Waals surface area contributed by atoms with E-state index in [4.69, 9.17) is 30.8 Å². The minimum atomic E-state index is -2.57. The summed E-state index contributed by atoms with van der Waals surface area (Å²) in [4.78, 5) is 53.9. The van der Waals surface area contributed by atoms with Gasteiger partial charge in [-0.25, -0.2) is 4.98 Å². The molecule has 15 nitrogen and oxygen atoms in total. The number of fused-ring (bicyclic) bond motifs is 1. The molecule has 348 valence electrons. The number of anilines is 5. The van der Waals surface area contributed by atoms with Crippen LogP contribution < -0.4 is 35.6 Å². The summed E-state index contributed by atoms with van der Waals surface area (Å²) in [5.74, 6) is 1.56. The SMILES string of the molecule is COc1cc(N2CCC(N3CCC4(CCC(Oc5cccc6c5CN(C5CCC(=O)NC5=O)C6=O)CC4)C3)CC2)c(C2COC2)cc1Nc1ncc(Cl)c(Nc2ccccc2P(C)(C)=O)n1. The highest BCUT2D eigenvalue weighted by Gasteiger charge is 2.45. The molecule has 4 aromatic rings. The van der Waals surface area contributed by atoms with Crippen LogP contribution in [0, 0.1) is 5.41 Å². The number of likely N-dealkylation sites (tertiary alicyclic amines) is 1. The number of benzene rings is 3. The number of carbonyl (C=O) groups excluding carboxylic acids is 3. The summed E-state index contributed by atoms with van der Waals surface area (Å²) in [5, 5.41) is 10.1. The van der Waals surface area contributed by atoms with Gasteiger partial charge >= 0.3 is 0 Å². The van der Waals surface area contributed by atoms with Crippen molar-refractivity contribution < 1.29 is 33.2 Å². The quantitative estimate of drug-likeness (QED) is 0.0949. The Kier molecular flexibility index (Phi) is 12.2. The van der Waals surface area contributed by atoms with Gasteiger partial charge in [-0.3, -0.25) is 24.6 Å². The lowest BCUT2D eigenvalue weighted by Gasteiger charge is -2.42. The van der Waals surface area contributed by atoms with Gasteiger partial charge in [0.25, 0.3) is 5.91 Å². The Labute approximate surface area is 390 Å². The van der Waals surface area contributed by atoms with E-state index in [1.54, 1.807) is 31.5 Å². The summed E-state index contributed by atoms with van der Waals surface area (Å²) >= 11 is 6.58. The normalized spacial score (nSPS) is 24.0. The number of rotatable bonds is 12. The Bertz CT molecular complexity index is 2590. The fraction of sp³-hybridized carbons (Fsp3) is 0.490. The third-order valence-electron chi connectivity index (χ3n) is 14.8. The van der Waals surface area contributed by atoms with Crippen LogP contribution in [0.4, 0.5) is 28.8 Å². The van der Waals surface area contributed by atoms with Crippen molar-refractivity contribution in [3.05, 3.63) is 82.5 Å². The molecule has 5 aliphatic heterocycles. The molecule has 5 fully saturated rings. The van der Waals surface area contributed by atoms with Gasteiger partial charge in [-0.15, -0.1) is 0 Å². The molecule has 10 rings (SSSR count). The predicted molar refractivity (Wildman–Crippen MR) is 255 cm³/mol. The standard InChI is InChI=1S/C49H58ClN8O7P/c1-63-42-24-40(34(30-27-64-28-30)23-38(42)53-48-51-25-36(50)45(55-48)52-37-8-4-5-10-43(37)66(2,3)62)56-20-15-31(16-21-56)57-22-19-49(29-57)17-13-32(14-18-49)65-41-9-6-7-33-35(41)26-58(47(33)61)39-11-12-44(59)54-46(39)60/h4-10,23-25,30-32,39H,11-22,26-29H2,1-3H3,(H,54,59,60)(H2,51,52,53,55). The summed E-state index contributed by atoms with van der Waals surface area (Å²) in [7, 11) is -0.893. The van der Waals surface area contributed by atoms with E-state index < -0.39 is 19.1 Å². The lowest BCUT2D eigenvalue weighted by molar-refractivity contribution is -0.136. The van der Waals surface area contributed by atoms with Gasteiger partial charge in [0, 0.05) is 66.2 Å². The third-order valence-corrected chi connectivity index (χ3v) is 16.6. The molecule has 6 heterocycles. The molecular weight excluding hydrogens is 879 g/mol. The molecule has 0 bridgehead atoms. The van der Waals surface area contributed by atoms with Gasteiger partial charge in [-0.1, -0.05) is 29.8 Å². The number of piperidine rings is 2. The number of imide groups is 1. The van der Waals surface area contributed by atoms with Gasteiger partial charge in [0.05, 0.1) is 50.5 Å². The van der Waals surface area contributed by atoms with Crippen molar-refractivity contribution in [2.45, 2.75) is 88.4 Å². The smallest absolute Gasteiger partial charge is 0.255 e. The highest BCUT2D eigenvalue weighted by Crippen LogP contribution is 2.48. The second-order valence-electron chi connectivity index (χ2n) is 19.3. The number of ether oxygens (including phenoxy) is 3. The largest absolute Gasteiger partial charge is 0.494 e. The molecule has 17 heteroatoms. The molecule has 1 aromatic heterocycles. The second kappa shape index (κ2) is 18.1. The van der Waals surface area contributed by atoms with E-state index in [2.05, 4.69) is 42.9 Å². The summed E-state index contributed by atoms with van der Waals surface area (Å²) in [6.07, 6.45) is 9.75. The van der Waals surface area contributed by atoms with Crippen molar-refractivity contribution in [2.24, 2.45) is 5.41 Å². The summed E-state index contributed by atoms with van der Waals surface area (Å²) in [6, 6.07) is 17.3. The zero-order valence-electron chi connectivity index (χ0n) is 37.8. The fourth-order valence-electron chi connectivity index (χ4n) is 11.0. The number of nitrogens with zero attached hydrogens (tertiary/aromatic N) is 5. The summed E-state index contributed by atoms with van der Waals surface area (Å²) in [5.41, 5.74) is 5.55. The monoisotopic (exact) mass is 936 g/mol. The number of nitrogens with one attached hydrogen (secondary N) is 3. The number of halogens is 1. The van der Waals surface area contributed by atoms with Crippen molar-refractivity contribution in [1.29, 1.82) is 0 Å². The lowest BCUT2D eigenvalue weighted by Crippen LogP contribution is -2.52. The third kappa shape index (κ3) is 8.87. The van der Waals surface area contributed by atoms with Crippen LogP contribution in [0.15, 0.2) is 60.8 Å². The number of carbonyl (C=O) groups is 3. The number of aromatic nitrogens is 2. The zero-order valence-corrected chi connectivity index (χ0v) is 39.5.